The molecular weight excluding hydrogens is 202 g/mol. The lowest BCUT2D eigenvalue weighted by Crippen LogP contribution is -2.26. The van der Waals surface area contributed by atoms with Crippen LogP contribution in [-0.4, -0.2) is 23.9 Å². The molecular formula is C12H19N3O. The Labute approximate surface area is 96.1 Å². The number of H-pyrrole nitrogens is 1. The summed E-state index contributed by atoms with van der Waals surface area (Å²) in [6.07, 6.45) is 3.51. The molecule has 0 saturated carbocycles. The number of hydrogen-bond donors (Lipinski definition) is 3. The number of nitrogens with one attached hydrogen (secondary N) is 3. The van der Waals surface area contributed by atoms with Crippen molar-refractivity contribution in [3.8, 4) is 0 Å². The molecule has 3 N–H and O–H groups in total. The van der Waals surface area contributed by atoms with Gasteiger partial charge < -0.3 is 15.6 Å². The van der Waals surface area contributed by atoms with Crippen molar-refractivity contribution in [2.75, 3.05) is 13.1 Å². The van der Waals surface area contributed by atoms with Gasteiger partial charge in [0.1, 0.15) is 0 Å². The highest BCUT2D eigenvalue weighted by Gasteiger charge is 1.93. The van der Waals surface area contributed by atoms with E-state index in [1.165, 1.54) is 5.69 Å². The number of carbonyl (C=O) groups is 1. The van der Waals surface area contributed by atoms with E-state index in [4.69, 9.17) is 0 Å². The zero-order valence-electron chi connectivity index (χ0n) is 9.84. The van der Waals surface area contributed by atoms with Gasteiger partial charge in [-0.3, -0.25) is 4.79 Å². The van der Waals surface area contributed by atoms with Crippen LogP contribution in [0.4, 0.5) is 0 Å². The van der Waals surface area contributed by atoms with E-state index in [0.717, 1.165) is 25.3 Å². The number of hydrogen-bond acceptors (Lipinski definition) is 3. The Kier molecular flexibility index (Phi) is 5.36. The summed E-state index contributed by atoms with van der Waals surface area (Å²) >= 11 is 0. The van der Waals surface area contributed by atoms with Gasteiger partial charge in [0, 0.05) is 37.2 Å². The third-order valence-corrected chi connectivity index (χ3v) is 2.10. The summed E-state index contributed by atoms with van der Waals surface area (Å²) < 4.78 is 0. The highest BCUT2D eigenvalue weighted by atomic mass is 16.1. The summed E-state index contributed by atoms with van der Waals surface area (Å²) in [6.45, 7) is 5.96. The van der Waals surface area contributed by atoms with Gasteiger partial charge in [-0.2, -0.15) is 0 Å². The Morgan fingerprint density at radius 3 is 2.88 bits per heavy atom. The first-order valence-electron chi connectivity index (χ1n) is 5.44. The molecule has 0 spiro atoms. The molecule has 1 aromatic rings. The van der Waals surface area contributed by atoms with Crippen LogP contribution in [0.1, 0.15) is 19.5 Å². The van der Waals surface area contributed by atoms with Crippen LogP contribution in [-0.2, 0) is 11.3 Å². The largest absolute Gasteiger partial charge is 0.387 e. The van der Waals surface area contributed by atoms with E-state index in [1.54, 1.807) is 13.0 Å². The first-order valence-corrected chi connectivity index (χ1v) is 5.44. The Balaban J connectivity index is 2.06. The first-order chi connectivity index (χ1) is 7.68. The number of aromatic nitrogens is 1. The summed E-state index contributed by atoms with van der Waals surface area (Å²) in [6, 6.07) is 4.02. The van der Waals surface area contributed by atoms with Gasteiger partial charge in [-0.15, -0.1) is 0 Å². The summed E-state index contributed by atoms with van der Waals surface area (Å²) in [5, 5.41) is 6.45. The number of allylic oxidation sites excluding steroid dienone is 2. The van der Waals surface area contributed by atoms with Crippen LogP contribution in [0.5, 0.6) is 0 Å². The standard InChI is InChI=1S/C12H19N3O/c1-10(8-11(2)16)14-7-6-13-9-12-4-3-5-15-12/h3-5,8,13-15H,6-7,9H2,1-2H3/b10-8-. The molecule has 0 aliphatic heterocycles. The molecule has 0 fully saturated rings. The van der Waals surface area contributed by atoms with Gasteiger partial charge in [0.2, 0.25) is 0 Å². The van der Waals surface area contributed by atoms with Gasteiger partial charge in [0.25, 0.3) is 0 Å². The second-order valence-corrected chi connectivity index (χ2v) is 3.74. The molecule has 1 aromatic heterocycles. The Morgan fingerprint density at radius 1 is 1.44 bits per heavy atom. The van der Waals surface area contributed by atoms with Gasteiger partial charge in [-0.05, 0) is 32.1 Å². The monoisotopic (exact) mass is 221 g/mol. The van der Waals surface area contributed by atoms with Crippen LogP contribution in [0.3, 0.4) is 0 Å². The van der Waals surface area contributed by atoms with E-state index in [-0.39, 0.29) is 5.78 Å². The molecule has 4 nitrogen and oxygen atoms in total. The molecule has 0 atom stereocenters. The maximum atomic E-state index is 10.8. The summed E-state index contributed by atoms with van der Waals surface area (Å²) in [5.74, 6) is 0.0735. The molecule has 4 heteroatoms. The molecule has 88 valence electrons. The van der Waals surface area contributed by atoms with E-state index in [9.17, 15) is 4.79 Å². The fourth-order valence-electron chi connectivity index (χ4n) is 1.40. The van der Waals surface area contributed by atoms with Crippen LogP contribution in [0.2, 0.25) is 0 Å². The Morgan fingerprint density at radius 2 is 2.25 bits per heavy atom. The normalized spacial score (nSPS) is 11.5. The molecule has 0 aliphatic carbocycles. The third kappa shape index (κ3) is 5.36. The Bertz CT molecular complexity index is 341. The van der Waals surface area contributed by atoms with Crippen LogP contribution < -0.4 is 10.6 Å². The molecule has 0 aliphatic rings. The molecule has 0 amide bonds. The molecule has 0 saturated heterocycles. The first kappa shape index (κ1) is 12.5. The number of rotatable bonds is 7. The fraction of sp³-hybridized carbons (Fsp3) is 0.417. The highest BCUT2D eigenvalue weighted by Crippen LogP contribution is 1.92. The lowest BCUT2D eigenvalue weighted by Gasteiger charge is -2.06. The van der Waals surface area contributed by atoms with Crippen molar-refractivity contribution in [2.24, 2.45) is 0 Å². The zero-order valence-corrected chi connectivity index (χ0v) is 9.84. The fourth-order valence-corrected chi connectivity index (χ4v) is 1.40. The quantitative estimate of drug-likeness (QED) is 0.479. The van der Waals surface area contributed by atoms with E-state index in [1.807, 2.05) is 25.3 Å². The highest BCUT2D eigenvalue weighted by molar-refractivity contribution is 5.87. The minimum absolute atomic E-state index is 0.0735. The molecule has 0 unspecified atom stereocenters. The van der Waals surface area contributed by atoms with Crippen LogP contribution in [0, 0.1) is 0 Å². The molecule has 0 radical (unpaired) electrons. The maximum absolute atomic E-state index is 10.8. The zero-order chi connectivity index (χ0) is 11.8. The number of ketones is 1. The number of carbonyl (C=O) groups excluding carboxylic acids is 1. The third-order valence-electron chi connectivity index (χ3n) is 2.10. The average molecular weight is 221 g/mol. The van der Waals surface area contributed by atoms with Crippen molar-refractivity contribution < 1.29 is 4.79 Å². The van der Waals surface area contributed by atoms with Gasteiger partial charge in [-0.1, -0.05) is 0 Å². The van der Waals surface area contributed by atoms with Crippen LogP contribution in [0.15, 0.2) is 30.1 Å². The molecule has 1 heterocycles. The summed E-state index contributed by atoms with van der Waals surface area (Å²) in [4.78, 5) is 13.9. The van der Waals surface area contributed by atoms with Crippen LogP contribution >= 0.6 is 0 Å². The van der Waals surface area contributed by atoms with E-state index in [0.29, 0.717) is 0 Å². The second-order valence-electron chi connectivity index (χ2n) is 3.74. The molecule has 1 rings (SSSR count). The number of aromatic amines is 1. The van der Waals surface area contributed by atoms with Crippen molar-refractivity contribution in [1.82, 2.24) is 15.6 Å². The van der Waals surface area contributed by atoms with Gasteiger partial charge >= 0.3 is 0 Å². The molecule has 0 aromatic carbocycles. The molecule has 16 heavy (non-hydrogen) atoms. The van der Waals surface area contributed by atoms with Crippen molar-refractivity contribution >= 4 is 5.78 Å². The smallest absolute Gasteiger partial charge is 0.154 e. The van der Waals surface area contributed by atoms with E-state index < -0.39 is 0 Å². The minimum Gasteiger partial charge on any atom is -0.387 e. The van der Waals surface area contributed by atoms with Crippen molar-refractivity contribution in [2.45, 2.75) is 20.4 Å². The van der Waals surface area contributed by atoms with Crippen LogP contribution in [0.25, 0.3) is 0 Å². The summed E-state index contributed by atoms with van der Waals surface area (Å²) in [7, 11) is 0. The predicted molar refractivity (Wildman–Crippen MR) is 64.9 cm³/mol. The minimum atomic E-state index is 0.0735. The topological polar surface area (TPSA) is 56.9 Å². The lowest BCUT2D eigenvalue weighted by molar-refractivity contribution is -0.112. The predicted octanol–water partition coefficient (Wildman–Crippen LogP) is 1.19. The lowest BCUT2D eigenvalue weighted by atomic mass is 10.3. The summed E-state index contributed by atoms with van der Waals surface area (Å²) in [5.41, 5.74) is 2.09. The van der Waals surface area contributed by atoms with E-state index in [2.05, 4.69) is 15.6 Å². The second kappa shape index (κ2) is 6.85. The van der Waals surface area contributed by atoms with Gasteiger partial charge in [0.05, 0.1) is 0 Å². The Hall–Kier alpha value is -1.55. The molecule has 0 bridgehead atoms. The SMILES string of the molecule is CC(=O)/C=C(/C)NCCNCc1ccc[nH]1. The van der Waals surface area contributed by atoms with E-state index >= 15 is 0 Å². The maximum Gasteiger partial charge on any atom is 0.154 e. The van der Waals surface area contributed by atoms with Crippen molar-refractivity contribution in [3.05, 3.63) is 35.8 Å². The van der Waals surface area contributed by atoms with Gasteiger partial charge in [0.15, 0.2) is 5.78 Å². The van der Waals surface area contributed by atoms with Crippen molar-refractivity contribution in [3.63, 3.8) is 0 Å². The average Bonchev–Trinajstić information content (AvgIpc) is 2.68. The van der Waals surface area contributed by atoms with Gasteiger partial charge in [-0.25, -0.2) is 0 Å². The van der Waals surface area contributed by atoms with Crippen molar-refractivity contribution in [1.29, 1.82) is 0 Å².